The van der Waals surface area contributed by atoms with E-state index in [0.29, 0.717) is 6.04 Å². The molecule has 0 fully saturated rings. The second-order valence-electron chi connectivity index (χ2n) is 8.02. The zero-order valence-corrected chi connectivity index (χ0v) is 17.0. The van der Waals surface area contributed by atoms with Crippen LogP contribution in [0.2, 0.25) is 0 Å². The third-order valence-electron chi connectivity index (χ3n) is 5.56. The Bertz CT molecular complexity index is 252. The minimum atomic E-state index is 0.700. The molecule has 3 N–H and O–H groups in total. The van der Waals surface area contributed by atoms with Crippen molar-refractivity contribution in [2.75, 3.05) is 6.54 Å². The van der Waals surface area contributed by atoms with Gasteiger partial charge in [0.25, 0.3) is 0 Å². The number of nitrogens with one attached hydrogen (secondary N) is 1. The van der Waals surface area contributed by atoms with Crippen molar-refractivity contribution in [3.8, 4) is 0 Å². The fourth-order valence-electron chi connectivity index (χ4n) is 3.65. The van der Waals surface area contributed by atoms with E-state index in [9.17, 15) is 0 Å². The molecular weight excluding hydrogens is 280 g/mol. The Morgan fingerprint density at radius 2 is 1.43 bits per heavy atom. The Hall–Kier alpha value is -0.0800. The van der Waals surface area contributed by atoms with Crippen molar-refractivity contribution in [3.05, 3.63) is 0 Å². The lowest BCUT2D eigenvalue weighted by molar-refractivity contribution is 0.270. The maximum atomic E-state index is 5.79. The summed E-state index contributed by atoms with van der Waals surface area (Å²) < 4.78 is 0. The molecule has 0 aromatic heterocycles. The van der Waals surface area contributed by atoms with Crippen molar-refractivity contribution in [2.24, 2.45) is 23.5 Å². The van der Waals surface area contributed by atoms with Crippen molar-refractivity contribution in [2.45, 2.75) is 111 Å². The van der Waals surface area contributed by atoms with E-state index in [1.807, 2.05) is 0 Å². The Labute approximate surface area is 147 Å². The van der Waals surface area contributed by atoms with E-state index in [2.05, 4.69) is 46.9 Å². The van der Waals surface area contributed by atoms with Crippen LogP contribution in [0.1, 0.15) is 99.3 Å². The zero-order chi connectivity index (χ0) is 17.7. The van der Waals surface area contributed by atoms with Gasteiger partial charge in [0, 0.05) is 12.1 Å². The summed E-state index contributed by atoms with van der Waals surface area (Å²) in [6.07, 6.45) is 11.7. The molecule has 0 heterocycles. The molecule has 0 bridgehead atoms. The van der Waals surface area contributed by atoms with Crippen LogP contribution in [-0.4, -0.2) is 18.6 Å². The van der Waals surface area contributed by atoms with Crippen LogP contribution >= 0.6 is 0 Å². The van der Waals surface area contributed by atoms with Crippen molar-refractivity contribution in [1.82, 2.24) is 5.32 Å². The Morgan fingerprint density at radius 1 is 0.826 bits per heavy atom. The van der Waals surface area contributed by atoms with E-state index in [1.54, 1.807) is 0 Å². The van der Waals surface area contributed by atoms with Crippen LogP contribution in [0, 0.1) is 17.8 Å². The fraction of sp³-hybridized carbons (Fsp3) is 1.00. The maximum absolute atomic E-state index is 5.79. The van der Waals surface area contributed by atoms with Crippen LogP contribution in [0.4, 0.5) is 0 Å². The molecule has 140 valence electrons. The van der Waals surface area contributed by atoms with Crippen molar-refractivity contribution >= 4 is 0 Å². The topological polar surface area (TPSA) is 38.0 Å². The summed E-state index contributed by atoms with van der Waals surface area (Å²) >= 11 is 0. The van der Waals surface area contributed by atoms with Gasteiger partial charge in [0.15, 0.2) is 0 Å². The van der Waals surface area contributed by atoms with E-state index >= 15 is 0 Å². The molecule has 0 spiro atoms. The first-order valence-electron chi connectivity index (χ1n) is 10.4. The first-order chi connectivity index (χ1) is 11.0. The van der Waals surface area contributed by atoms with Crippen molar-refractivity contribution in [3.63, 3.8) is 0 Å². The quantitative estimate of drug-likeness (QED) is 0.402. The second-order valence-corrected chi connectivity index (χ2v) is 8.02. The SMILES string of the molecule is CCCCC(CC)NC(CC)CC[C@@H](C)CC(CCN)C(C)C. The van der Waals surface area contributed by atoms with Crippen molar-refractivity contribution < 1.29 is 0 Å². The standard InChI is InChI=1S/C21H46N2/c1-7-10-11-20(8-2)23-21(9-3)13-12-18(6)16-19(14-15-22)17(4)5/h17-21,23H,7-16,22H2,1-6H3/t18-,19?,20?,21?/m1/s1. The highest BCUT2D eigenvalue weighted by molar-refractivity contribution is 4.75. The van der Waals surface area contributed by atoms with Gasteiger partial charge >= 0.3 is 0 Å². The predicted octanol–water partition coefficient (Wildman–Crippen LogP) is 5.75. The van der Waals surface area contributed by atoms with E-state index < -0.39 is 0 Å². The average Bonchev–Trinajstić information content (AvgIpc) is 2.53. The molecule has 3 unspecified atom stereocenters. The fourth-order valence-corrected chi connectivity index (χ4v) is 3.65. The highest BCUT2D eigenvalue weighted by atomic mass is 14.9. The van der Waals surface area contributed by atoms with Gasteiger partial charge in [0.2, 0.25) is 0 Å². The highest BCUT2D eigenvalue weighted by Gasteiger charge is 2.18. The van der Waals surface area contributed by atoms with Gasteiger partial charge in [-0.05, 0) is 69.2 Å². The summed E-state index contributed by atoms with van der Waals surface area (Å²) in [5.74, 6) is 2.39. The Morgan fingerprint density at radius 3 is 1.91 bits per heavy atom. The number of hydrogen-bond acceptors (Lipinski definition) is 2. The highest BCUT2D eigenvalue weighted by Crippen LogP contribution is 2.26. The molecule has 0 saturated heterocycles. The molecule has 0 aliphatic heterocycles. The van der Waals surface area contributed by atoms with Crippen molar-refractivity contribution in [1.29, 1.82) is 0 Å². The van der Waals surface area contributed by atoms with E-state index in [1.165, 1.54) is 57.8 Å². The van der Waals surface area contributed by atoms with Gasteiger partial charge < -0.3 is 11.1 Å². The van der Waals surface area contributed by atoms with Crippen LogP contribution in [0.25, 0.3) is 0 Å². The lowest BCUT2D eigenvalue weighted by Crippen LogP contribution is -2.38. The number of unbranched alkanes of at least 4 members (excludes halogenated alkanes) is 1. The van der Waals surface area contributed by atoms with Gasteiger partial charge in [-0.3, -0.25) is 0 Å². The molecule has 0 aromatic rings. The normalized spacial score (nSPS) is 17.2. The smallest absolute Gasteiger partial charge is 0.00671 e. The minimum absolute atomic E-state index is 0.700. The van der Waals surface area contributed by atoms with Crippen LogP contribution < -0.4 is 11.1 Å². The largest absolute Gasteiger partial charge is 0.330 e. The molecule has 0 aliphatic rings. The first kappa shape index (κ1) is 22.9. The van der Waals surface area contributed by atoms with Gasteiger partial charge in [-0.25, -0.2) is 0 Å². The summed E-state index contributed by atoms with van der Waals surface area (Å²) in [5, 5.41) is 3.92. The molecule has 0 saturated carbocycles. The summed E-state index contributed by atoms with van der Waals surface area (Å²) in [5.41, 5.74) is 5.79. The molecule has 0 rings (SSSR count). The van der Waals surface area contributed by atoms with Crippen LogP contribution in [0.15, 0.2) is 0 Å². The van der Waals surface area contributed by atoms with Gasteiger partial charge in [0.1, 0.15) is 0 Å². The molecule has 0 aliphatic carbocycles. The minimum Gasteiger partial charge on any atom is -0.330 e. The molecule has 0 amide bonds. The maximum Gasteiger partial charge on any atom is 0.00671 e. The van der Waals surface area contributed by atoms with Gasteiger partial charge in [-0.15, -0.1) is 0 Å². The zero-order valence-electron chi connectivity index (χ0n) is 17.0. The summed E-state index contributed by atoms with van der Waals surface area (Å²) in [6.45, 7) is 14.9. The third kappa shape index (κ3) is 11.2. The number of rotatable bonds is 15. The summed E-state index contributed by atoms with van der Waals surface area (Å²) in [7, 11) is 0. The van der Waals surface area contributed by atoms with Gasteiger partial charge in [-0.1, -0.05) is 54.4 Å². The lowest BCUT2D eigenvalue weighted by Gasteiger charge is -2.27. The second kappa shape index (κ2) is 14.3. The lowest BCUT2D eigenvalue weighted by atomic mass is 9.82. The van der Waals surface area contributed by atoms with Crippen LogP contribution in [0.5, 0.6) is 0 Å². The van der Waals surface area contributed by atoms with E-state index in [4.69, 9.17) is 5.73 Å². The number of hydrogen-bond donors (Lipinski definition) is 2. The molecule has 23 heavy (non-hydrogen) atoms. The third-order valence-corrected chi connectivity index (χ3v) is 5.56. The van der Waals surface area contributed by atoms with Crippen LogP contribution in [-0.2, 0) is 0 Å². The summed E-state index contributed by atoms with van der Waals surface area (Å²) in [4.78, 5) is 0. The number of nitrogens with two attached hydrogens (primary N) is 1. The molecule has 2 nitrogen and oxygen atoms in total. The first-order valence-corrected chi connectivity index (χ1v) is 10.4. The molecule has 2 heteroatoms. The van der Waals surface area contributed by atoms with E-state index in [-0.39, 0.29) is 0 Å². The Kier molecular flexibility index (Phi) is 14.2. The van der Waals surface area contributed by atoms with Gasteiger partial charge in [-0.2, -0.15) is 0 Å². The van der Waals surface area contributed by atoms with E-state index in [0.717, 1.165) is 30.3 Å². The Balaban J connectivity index is 4.21. The monoisotopic (exact) mass is 326 g/mol. The molecule has 0 radical (unpaired) electrons. The predicted molar refractivity (Wildman–Crippen MR) is 106 cm³/mol. The molecular formula is C21H46N2. The van der Waals surface area contributed by atoms with Crippen LogP contribution in [0.3, 0.4) is 0 Å². The molecule has 0 aromatic carbocycles. The summed E-state index contributed by atoms with van der Waals surface area (Å²) in [6, 6.07) is 1.42. The van der Waals surface area contributed by atoms with Gasteiger partial charge in [0.05, 0.1) is 0 Å². The molecule has 4 atom stereocenters. The average molecular weight is 327 g/mol.